The summed E-state index contributed by atoms with van der Waals surface area (Å²) < 4.78 is 10.9. The van der Waals surface area contributed by atoms with Crippen molar-refractivity contribution in [2.24, 2.45) is 0 Å². The fourth-order valence-corrected chi connectivity index (χ4v) is 1.99. The molecular formula is C17H22N2O2. The quantitative estimate of drug-likeness (QED) is 0.757. The van der Waals surface area contributed by atoms with Crippen molar-refractivity contribution in [2.45, 2.75) is 19.9 Å². The summed E-state index contributed by atoms with van der Waals surface area (Å²) in [6.45, 7) is 4.33. The van der Waals surface area contributed by atoms with Gasteiger partial charge >= 0.3 is 0 Å². The van der Waals surface area contributed by atoms with Crippen LogP contribution in [0.2, 0.25) is 0 Å². The van der Waals surface area contributed by atoms with Crippen LogP contribution in [0.1, 0.15) is 18.1 Å². The van der Waals surface area contributed by atoms with Gasteiger partial charge in [0.15, 0.2) is 0 Å². The van der Waals surface area contributed by atoms with Gasteiger partial charge in [-0.1, -0.05) is 25.1 Å². The molecule has 0 aliphatic rings. The number of aryl methyl sites for hydroxylation is 1. The van der Waals surface area contributed by atoms with Crippen LogP contribution in [-0.4, -0.2) is 25.2 Å². The number of methoxy groups -OCH3 is 1. The predicted molar refractivity (Wildman–Crippen MR) is 83.7 cm³/mol. The van der Waals surface area contributed by atoms with Gasteiger partial charge in [0.25, 0.3) is 0 Å². The Balaban J connectivity index is 2.05. The van der Waals surface area contributed by atoms with Crippen LogP contribution in [0.5, 0.6) is 11.6 Å². The van der Waals surface area contributed by atoms with Crippen LogP contribution in [0, 0.1) is 0 Å². The van der Waals surface area contributed by atoms with Gasteiger partial charge in [0.2, 0.25) is 5.88 Å². The number of rotatable bonds is 8. The van der Waals surface area contributed by atoms with E-state index in [0.29, 0.717) is 19.0 Å². The summed E-state index contributed by atoms with van der Waals surface area (Å²) in [5, 5.41) is 3.31. The van der Waals surface area contributed by atoms with E-state index in [-0.39, 0.29) is 0 Å². The van der Waals surface area contributed by atoms with E-state index in [0.717, 1.165) is 24.3 Å². The Morgan fingerprint density at radius 1 is 1.19 bits per heavy atom. The van der Waals surface area contributed by atoms with Crippen molar-refractivity contribution >= 4 is 0 Å². The summed E-state index contributed by atoms with van der Waals surface area (Å²) in [6.07, 6.45) is 2.74. The lowest BCUT2D eigenvalue weighted by molar-refractivity contribution is 0.199. The van der Waals surface area contributed by atoms with Gasteiger partial charge in [-0.05, 0) is 30.2 Å². The van der Waals surface area contributed by atoms with Crippen molar-refractivity contribution in [3.8, 4) is 11.6 Å². The monoisotopic (exact) mass is 286 g/mol. The van der Waals surface area contributed by atoms with E-state index >= 15 is 0 Å². The minimum atomic E-state index is 0.649. The molecule has 0 fully saturated rings. The average Bonchev–Trinajstić information content (AvgIpc) is 2.53. The molecule has 0 aliphatic carbocycles. The van der Waals surface area contributed by atoms with E-state index in [9.17, 15) is 0 Å². The first-order chi connectivity index (χ1) is 10.3. The molecule has 1 heterocycles. The smallest absolute Gasteiger partial charge is 0.223 e. The summed E-state index contributed by atoms with van der Waals surface area (Å²) in [7, 11) is 1.70. The minimum Gasteiger partial charge on any atom is -0.439 e. The predicted octanol–water partition coefficient (Wildman–Crippen LogP) is 3.17. The second-order valence-corrected chi connectivity index (χ2v) is 4.74. The van der Waals surface area contributed by atoms with Gasteiger partial charge in [-0.15, -0.1) is 0 Å². The lowest BCUT2D eigenvalue weighted by Crippen LogP contribution is -2.19. The molecule has 0 bridgehead atoms. The van der Waals surface area contributed by atoms with Crippen LogP contribution in [0.3, 0.4) is 0 Å². The zero-order chi connectivity index (χ0) is 14.9. The van der Waals surface area contributed by atoms with Gasteiger partial charge in [-0.25, -0.2) is 4.98 Å². The Bertz CT molecular complexity index is 558. The normalized spacial score (nSPS) is 10.6. The summed E-state index contributed by atoms with van der Waals surface area (Å²) in [5.74, 6) is 1.47. The third kappa shape index (κ3) is 4.85. The molecule has 0 amide bonds. The molecule has 0 aliphatic heterocycles. The molecule has 0 saturated carbocycles. The SMILES string of the molecule is CCc1cccc(Oc2ncccc2CNCCOC)c1. The highest BCUT2D eigenvalue weighted by Gasteiger charge is 2.06. The van der Waals surface area contributed by atoms with E-state index in [4.69, 9.17) is 9.47 Å². The Hall–Kier alpha value is -1.91. The number of benzene rings is 1. The largest absolute Gasteiger partial charge is 0.439 e. The number of aromatic nitrogens is 1. The molecule has 0 saturated heterocycles. The Morgan fingerprint density at radius 3 is 2.90 bits per heavy atom. The van der Waals surface area contributed by atoms with Crippen molar-refractivity contribution in [1.29, 1.82) is 0 Å². The second kappa shape index (κ2) is 8.39. The maximum absolute atomic E-state index is 5.93. The fraction of sp³-hybridized carbons (Fsp3) is 0.353. The molecule has 2 rings (SSSR count). The van der Waals surface area contributed by atoms with Gasteiger partial charge in [-0.2, -0.15) is 0 Å². The Morgan fingerprint density at radius 2 is 2.10 bits per heavy atom. The average molecular weight is 286 g/mol. The van der Waals surface area contributed by atoms with Crippen LogP contribution in [0.15, 0.2) is 42.6 Å². The van der Waals surface area contributed by atoms with Crippen LogP contribution in [-0.2, 0) is 17.7 Å². The summed E-state index contributed by atoms with van der Waals surface area (Å²) in [6, 6.07) is 12.0. The highest BCUT2D eigenvalue weighted by molar-refractivity contribution is 5.34. The summed E-state index contributed by atoms with van der Waals surface area (Å²) >= 11 is 0. The molecule has 4 heteroatoms. The van der Waals surface area contributed by atoms with Crippen molar-refractivity contribution in [1.82, 2.24) is 10.3 Å². The fourth-order valence-electron chi connectivity index (χ4n) is 1.99. The minimum absolute atomic E-state index is 0.649. The zero-order valence-electron chi connectivity index (χ0n) is 12.6. The van der Waals surface area contributed by atoms with E-state index in [2.05, 4.69) is 29.4 Å². The lowest BCUT2D eigenvalue weighted by Gasteiger charge is -2.11. The van der Waals surface area contributed by atoms with Crippen molar-refractivity contribution in [3.63, 3.8) is 0 Å². The molecule has 1 N–H and O–H groups in total. The van der Waals surface area contributed by atoms with Crippen molar-refractivity contribution in [3.05, 3.63) is 53.7 Å². The zero-order valence-corrected chi connectivity index (χ0v) is 12.6. The van der Waals surface area contributed by atoms with Gasteiger partial charge in [0.05, 0.1) is 6.61 Å². The van der Waals surface area contributed by atoms with E-state index in [1.54, 1.807) is 13.3 Å². The number of ether oxygens (including phenoxy) is 2. The number of nitrogens with zero attached hydrogens (tertiary/aromatic N) is 1. The lowest BCUT2D eigenvalue weighted by atomic mass is 10.2. The van der Waals surface area contributed by atoms with Crippen LogP contribution >= 0.6 is 0 Å². The van der Waals surface area contributed by atoms with Gasteiger partial charge in [0, 0.05) is 32.0 Å². The van der Waals surface area contributed by atoms with E-state index < -0.39 is 0 Å². The van der Waals surface area contributed by atoms with E-state index in [1.165, 1.54) is 5.56 Å². The first-order valence-electron chi connectivity index (χ1n) is 7.24. The van der Waals surface area contributed by atoms with Gasteiger partial charge < -0.3 is 14.8 Å². The molecule has 112 valence electrons. The van der Waals surface area contributed by atoms with Crippen LogP contribution in [0.25, 0.3) is 0 Å². The summed E-state index contributed by atoms with van der Waals surface area (Å²) in [4.78, 5) is 4.33. The molecule has 0 atom stereocenters. The van der Waals surface area contributed by atoms with Gasteiger partial charge in [0.1, 0.15) is 5.75 Å². The molecule has 21 heavy (non-hydrogen) atoms. The van der Waals surface area contributed by atoms with Crippen LogP contribution < -0.4 is 10.1 Å². The molecule has 4 nitrogen and oxygen atoms in total. The first-order valence-corrected chi connectivity index (χ1v) is 7.24. The number of pyridine rings is 1. The molecule has 1 aromatic heterocycles. The molecule has 0 unspecified atom stereocenters. The highest BCUT2D eigenvalue weighted by Crippen LogP contribution is 2.23. The topological polar surface area (TPSA) is 43.4 Å². The molecular weight excluding hydrogens is 264 g/mol. The molecule has 0 spiro atoms. The third-order valence-corrected chi connectivity index (χ3v) is 3.17. The third-order valence-electron chi connectivity index (χ3n) is 3.17. The highest BCUT2D eigenvalue weighted by atomic mass is 16.5. The first kappa shape index (κ1) is 15.5. The maximum Gasteiger partial charge on any atom is 0.223 e. The molecule has 0 radical (unpaired) electrons. The molecule has 1 aromatic carbocycles. The number of nitrogens with one attached hydrogen (secondary N) is 1. The molecule has 2 aromatic rings. The van der Waals surface area contributed by atoms with E-state index in [1.807, 2.05) is 24.3 Å². The standard InChI is InChI=1S/C17H22N2O2/c1-3-14-6-4-8-16(12-14)21-17-15(7-5-9-19-17)13-18-10-11-20-2/h4-9,12,18H,3,10-11,13H2,1-2H3. The number of hydrogen-bond acceptors (Lipinski definition) is 4. The van der Waals surface area contributed by atoms with Crippen molar-refractivity contribution < 1.29 is 9.47 Å². The second-order valence-electron chi connectivity index (χ2n) is 4.74. The Labute approximate surface area is 126 Å². The van der Waals surface area contributed by atoms with Crippen LogP contribution in [0.4, 0.5) is 0 Å². The Kier molecular flexibility index (Phi) is 6.19. The van der Waals surface area contributed by atoms with Crippen molar-refractivity contribution in [2.75, 3.05) is 20.3 Å². The number of hydrogen-bond donors (Lipinski definition) is 1. The summed E-state index contributed by atoms with van der Waals surface area (Å²) in [5.41, 5.74) is 2.29. The van der Waals surface area contributed by atoms with Gasteiger partial charge in [-0.3, -0.25) is 0 Å². The maximum atomic E-state index is 5.93.